The highest BCUT2D eigenvalue weighted by Gasteiger charge is 2.52. The Balaban J connectivity index is 2.34. The number of hydrogen-bond donors (Lipinski definition) is 0. The topological polar surface area (TPSA) is 36.9 Å². The van der Waals surface area contributed by atoms with Gasteiger partial charge in [0.25, 0.3) is 0 Å². The molecule has 2 saturated carbocycles. The average Bonchev–Trinajstić information content (AvgIpc) is 2.71. The van der Waals surface area contributed by atoms with Gasteiger partial charge in [-0.25, -0.2) is 0 Å². The van der Waals surface area contributed by atoms with Crippen LogP contribution in [-0.4, -0.2) is 54.4 Å². The third-order valence-electron chi connectivity index (χ3n) is 8.40. The highest BCUT2D eigenvalue weighted by Crippen LogP contribution is 2.55. The molecule has 2 atom stereocenters. The second kappa shape index (κ2) is 12.3. The van der Waals surface area contributed by atoms with Crippen molar-refractivity contribution in [1.82, 2.24) is 0 Å². The molecule has 2 fully saturated rings. The summed E-state index contributed by atoms with van der Waals surface area (Å²) in [5.41, 5.74) is 0.160. The highest BCUT2D eigenvalue weighted by molar-refractivity contribution is 5.02. The largest absolute Gasteiger partial charge is 0.384 e. The maximum Gasteiger partial charge on any atom is 0.0703 e. The molecule has 0 heterocycles. The van der Waals surface area contributed by atoms with E-state index in [1.165, 1.54) is 64.2 Å². The lowest BCUT2D eigenvalue weighted by Gasteiger charge is -2.54. The van der Waals surface area contributed by atoms with E-state index in [1.807, 2.05) is 28.4 Å². The molecule has 184 valence electrons. The summed E-state index contributed by atoms with van der Waals surface area (Å²) in [4.78, 5) is 0. The fourth-order valence-corrected chi connectivity index (χ4v) is 7.52. The van der Waals surface area contributed by atoms with Gasteiger partial charge in [0.2, 0.25) is 0 Å². The standard InChI is InChI=1S/C27H52O4/c1-22-11-13-23(14-12-22)17-26(3,21-30-6)24(31-7)27(15-9-8-10-16-27)18-25(2,19-28-4)20-29-5/h22-24H,8-21H2,1-7H3. The summed E-state index contributed by atoms with van der Waals surface area (Å²) in [5.74, 6) is 1.68. The van der Waals surface area contributed by atoms with Crippen LogP contribution in [0, 0.1) is 28.1 Å². The highest BCUT2D eigenvalue weighted by atomic mass is 16.5. The van der Waals surface area contributed by atoms with Crippen molar-refractivity contribution in [3.8, 4) is 0 Å². The van der Waals surface area contributed by atoms with Gasteiger partial charge in [-0.3, -0.25) is 0 Å². The van der Waals surface area contributed by atoms with Gasteiger partial charge in [-0.05, 0) is 42.9 Å². The van der Waals surface area contributed by atoms with Gasteiger partial charge in [-0.2, -0.15) is 0 Å². The summed E-state index contributed by atoms with van der Waals surface area (Å²) in [6.07, 6.45) is 14.3. The van der Waals surface area contributed by atoms with E-state index in [0.717, 1.165) is 38.1 Å². The van der Waals surface area contributed by atoms with E-state index < -0.39 is 0 Å². The molecule has 0 saturated heterocycles. The minimum atomic E-state index is -0.00806. The first kappa shape index (κ1) is 27.1. The van der Waals surface area contributed by atoms with Crippen LogP contribution in [-0.2, 0) is 18.9 Å². The van der Waals surface area contributed by atoms with Gasteiger partial charge in [0.1, 0.15) is 0 Å². The molecule has 2 unspecified atom stereocenters. The molecule has 0 spiro atoms. The van der Waals surface area contributed by atoms with Crippen LogP contribution in [0.2, 0.25) is 0 Å². The molecule has 0 aromatic carbocycles. The van der Waals surface area contributed by atoms with Crippen molar-refractivity contribution in [3.63, 3.8) is 0 Å². The fraction of sp³-hybridized carbons (Fsp3) is 1.00. The van der Waals surface area contributed by atoms with E-state index in [4.69, 9.17) is 18.9 Å². The fourth-order valence-electron chi connectivity index (χ4n) is 7.52. The minimum absolute atomic E-state index is 0.00806. The van der Waals surface area contributed by atoms with Gasteiger partial charge in [0.05, 0.1) is 25.9 Å². The Morgan fingerprint density at radius 1 is 0.806 bits per heavy atom. The van der Waals surface area contributed by atoms with Crippen LogP contribution in [0.1, 0.15) is 91.4 Å². The summed E-state index contributed by atoms with van der Waals surface area (Å²) in [6.45, 7) is 9.40. The van der Waals surface area contributed by atoms with Crippen molar-refractivity contribution in [3.05, 3.63) is 0 Å². The predicted molar refractivity (Wildman–Crippen MR) is 129 cm³/mol. The zero-order valence-electron chi connectivity index (χ0n) is 21.8. The van der Waals surface area contributed by atoms with Crippen molar-refractivity contribution < 1.29 is 18.9 Å². The van der Waals surface area contributed by atoms with Gasteiger partial charge in [-0.15, -0.1) is 0 Å². The van der Waals surface area contributed by atoms with Gasteiger partial charge in [0.15, 0.2) is 0 Å². The lowest BCUT2D eigenvalue weighted by molar-refractivity contribution is -0.156. The zero-order chi connectivity index (χ0) is 23.0. The van der Waals surface area contributed by atoms with E-state index in [1.54, 1.807) is 0 Å². The summed E-state index contributed by atoms with van der Waals surface area (Å²) in [5, 5.41) is 0. The number of methoxy groups -OCH3 is 4. The molecule has 2 aliphatic carbocycles. The van der Waals surface area contributed by atoms with Gasteiger partial charge in [0, 0.05) is 39.3 Å². The molecule has 0 aromatic heterocycles. The quantitative estimate of drug-likeness (QED) is 0.327. The Hall–Kier alpha value is -0.160. The van der Waals surface area contributed by atoms with Gasteiger partial charge in [-0.1, -0.05) is 65.7 Å². The van der Waals surface area contributed by atoms with Crippen LogP contribution in [0.4, 0.5) is 0 Å². The second-order valence-electron chi connectivity index (χ2n) is 11.8. The summed E-state index contributed by atoms with van der Waals surface area (Å²) in [7, 11) is 7.44. The predicted octanol–water partition coefficient (Wildman–Crippen LogP) is 6.51. The van der Waals surface area contributed by atoms with Crippen molar-refractivity contribution in [2.24, 2.45) is 28.1 Å². The second-order valence-corrected chi connectivity index (χ2v) is 11.8. The Morgan fingerprint density at radius 2 is 1.35 bits per heavy atom. The molecule has 4 heteroatoms. The number of ether oxygens (including phenoxy) is 4. The molecule has 0 aromatic rings. The maximum absolute atomic E-state index is 6.51. The van der Waals surface area contributed by atoms with E-state index >= 15 is 0 Å². The first-order valence-electron chi connectivity index (χ1n) is 12.8. The summed E-state index contributed by atoms with van der Waals surface area (Å²) >= 11 is 0. The molecule has 2 rings (SSSR count). The van der Waals surface area contributed by atoms with E-state index in [0.29, 0.717) is 0 Å². The lowest BCUT2D eigenvalue weighted by atomic mass is 9.55. The van der Waals surface area contributed by atoms with Crippen molar-refractivity contribution >= 4 is 0 Å². The molecule has 0 bridgehead atoms. The molecule has 2 aliphatic rings. The molecule has 4 nitrogen and oxygen atoms in total. The molecule has 0 N–H and O–H groups in total. The van der Waals surface area contributed by atoms with Gasteiger partial charge < -0.3 is 18.9 Å². The zero-order valence-corrected chi connectivity index (χ0v) is 21.8. The van der Waals surface area contributed by atoms with Gasteiger partial charge >= 0.3 is 0 Å². The van der Waals surface area contributed by atoms with Crippen LogP contribution in [0.3, 0.4) is 0 Å². The molecular formula is C27H52O4. The molecule has 0 aliphatic heterocycles. The van der Waals surface area contributed by atoms with Crippen LogP contribution < -0.4 is 0 Å². The summed E-state index contributed by atoms with van der Waals surface area (Å²) in [6, 6.07) is 0. The third kappa shape index (κ3) is 7.16. The molecular weight excluding hydrogens is 388 g/mol. The van der Waals surface area contributed by atoms with E-state index in [9.17, 15) is 0 Å². The molecule has 0 radical (unpaired) electrons. The van der Waals surface area contributed by atoms with Crippen LogP contribution >= 0.6 is 0 Å². The minimum Gasteiger partial charge on any atom is -0.384 e. The van der Waals surface area contributed by atoms with Crippen molar-refractivity contribution in [2.45, 2.75) is 97.5 Å². The Kier molecular flexibility index (Phi) is 10.8. The smallest absolute Gasteiger partial charge is 0.0703 e. The maximum atomic E-state index is 6.51. The number of rotatable bonds is 13. The van der Waals surface area contributed by atoms with Crippen LogP contribution in [0.25, 0.3) is 0 Å². The Labute approximate surface area is 193 Å². The Morgan fingerprint density at radius 3 is 1.84 bits per heavy atom. The third-order valence-corrected chi connectivity index (χ3v) is 8.40. The SMILES string of the molecule is COCC(C)(COC)CC1(C(OC)C(C)(COC)CC2CCC(C)CC2)CCCCC1. The first-order chi connectivity index (χ1) is 14.8. The Bertz CT molecular complexity index is 487. The lowest BCUT2D eigenvalue weighted by Crippen LogP contribution is -2.54. The average molecular weight is 441 g/mol. The van der Waals surface area contributed by atoms with Crippen molar-refractivity contribution in [1.29, 1.82) is 0 Å². The van der Waals surface area contributed by atoms with Crippen molar-refractivity contribution in [2.75, 3.05) is 48.3 Å². The molecule has 0 amide bonds. The molecule has 31 heavy (non-hydrogen) atoms. The number of hydrogen-bond acceptors (Lipinski definition) is 4. The summed E-state index contributed by atoms with van der Waals surface area (Å²) < 4.78 is 23.8. The normalized spacial score (nSPS) is 27.6. The van der Waals surface area contributed by atoms with Crippen LogP contribution in [0.5, 0.6) is 0 Å². The monoisotopic (exact) mass is 440 g/mol. The van der Waals surface area contributed by atoms with E-state index in [2.05, 4.69) is 20.8 Å². The first-order valence-corrected chi connectivity index (χ1v) is 12.8. The van der Waals surface area contributed by atoms with E-state index in [-0.39, 0.29) is 22.3 Å². The van der Waals surface area contributed by atoms with Crippen LogP contribution in [0.15, 0.2) is 0 Å².